The molecule has 0 fully saturated rings. The number of carbonyl (C=O) groups is 2. The average Bonchev–Trinajstić information content (AvgIpc) is 3.39. The number of nitrogens with one attached hydrogen (secondary N) is 1. The summed E-state index contributed by atoms with van der Waals surface area (Å²) in [6.07, 6.45) is 1.42. The minimum absolute atomic E-state index is 0.0272. The lowest BCUT2D eigenvalue weighted by Crippen LogP contribution is -2.39. The molecule has 1 aromatic heterocycles. The van der Waals surface area contributed by atoms with Crippen molar-refractivity contribution in [3.8, 4) is 0 Å². The average molecular weight is 491 g/mol. The molecular formula is C31H26N2O2S. The van der Waals surface area contributed by atoms with Crippen molar-refractivity contribution in [1.82, 2.24) is 0 Å². The van der Waals surface area contributed by atoms with Crippen LogP contribution in [0.3, 0.4) is 0 Å². The van der Waals surface area contributed by atoms with E-state index in [1.807, 2.05) is 95.2 Å². The lowest BCUT2D eigenvalue weighted by atomic mass is 9.79. The maximum atomic E-state index is 14.0. The van der Waals surface area contributed by atoms with Crippen LogP contribution in [0.4, 0.5) is 11.4 Å². The van der Waals surface area contributed by atoms with Gasteiger partial charge in [0.05, 0.1) is 17.8 Å². The number of hydrogen-bond acceptors (Lipinski definition) is 4. The van der Waals surface area contributed by atoms with Gasteiger partial charge < -0.3 is 5.32 Å². The monoisotopic (exact) mass is 490 g/mol. The maximum absolute atomic E-state index is 14.0. The number of anilines is 2. The van der Waals surface area contributed by atoms with Crippen LogP contribution in [0.15, 0.2) is 114 Å². The number of fused-ring (bicyclic) bond motifs is 1. The Hall–Kier alpha value is -3.96. The number of Topliss-reactive ketones (excluding diaryl/α,β-unsaturated/α-hetero) is 1. The molecule has 1 amide bonds. The first-order chi connectivity index (χ1) is 17.7. The molecule has 1 aliphatic heterocycles. The summed E-state index contributed by atoms with van der Waals surface area (Å²) < 4.78 is 0. The summed E-state index contributed by atoms with van der Waals surface area (Å²) in [5.74, 6) is 0.176. The van der Waals surface area contributed by atoms with Crippen LogP contribution in [-0.2, 0) is 16.0 Å². The Labute approximate surface area is 214 Å². The number of nitrogens with zero attached hydrogens (tertiary/aromatic N) is 1. The summed E-state index contributed by atoms with van der Waals surface area (Å²) in [6.45, 7) is 0. The fourth-order valence-corrected chi connectivity index (χ4v) is 6.22. The van der Waals surface area contributed by atoms with Crippen molar-refractivity contribution < 1.29 is 9.59 Å². The number of thiophene rings is 1. The number of carbonyl (C=O) groups excluding carboxylic acids is 2. The Morgan fingerprint density at radius 3 is 2.33 bits per heavy atom. The standard InChI is InChI=1S/C31H26N2O2S/c34-27-20-23(22-12-5-2-6-13-22)19-25-30(27)31(28-16-9-17-36-28)33(26-15-8-7-14-24(26)32-25)29(35)18-21-10-3-1-4-11-21/h1-17,23,31-32H,18-20H2/t23-,31-/m0/s1. The number of rotatable bonds is 4. The predicted octanol–water partition coefficient (Wildman–Crippen LogP) is 6.89. The van der Waals surface area contributed by atoms with E-state index in [1.54, 1.807) is 11.3 Å². The summed E-state index contributed by atoms with van der Waals surface area (Å²) in [7, 11) is 0. The van der Waals surface area contributed by atoms with Crippen LogP contribution in [0.1, 0.15) is 40.8 Å². The van der Waals surface area contributed by atoms with Gasteiger partial charge in [-0.1, -0.05) is 78.9 Å². The normalized spacial score (nSPS) is 19.2. The zero-order valence-corrected chi connectivity index (χ0v) is 20.6. The third-order valence-electron chi connectivity index (χ3n) is 7.04. The summed E-state index contributed by atoms with van der Waals surface area (Å²) >= 11 is 1.59. The van der Waals surface area contributed by atoms with Gasteiger partial charge in [0.15, 0.2) is 5.78 Å². The van der Waals surface area contributed by atoms with Gasteiger partial charge >= 0.3 is 0 Å². The largest absolute Gasteiger partial charge is 0.357 e. The molecule has 3 aromatic carbocycles. The molecule has 1 N–H and O–H groups in total. The Balaban J connectivity index is 1.50. The van der Waals surface area contributed by atoms with Crippen LogP contribution in [0.5, 0.6) is 0 Å². The van der Waals surface area contributed by atoms with Gasteiger partial charge in [0, 0.05) is 22.6 Å². The van der Waals surface area contributed by atoms with Crippen molar-refractivity contribution in [1.29, 1.82) is 0 Å². The molecule has 2 atom stereocenters. The van der Waals surface area contributed by atoms with Crippen LogP contribution in [0, 0.1) is 0 Å². The van der Waals surface area contributed by atoms with E-state index in [0.717, 1.165) is 33.9 Å². The number of hydrogen-bond donors (Lipinski definition) is 1. The molecule has 0 saturated carbocycles. The first-order valence-corrected chi connectivity index (χ1v) is 13.1. The molecule has 2 aliphatic rings. The second kappa shape index (κ2) is 9.59. The van der Waals surface area contributed by atoms with Crippen LogP contribution in [-0.4, -0.2) is 11.7 Å². The van der Waals surface area contributed by atoms with Crippen molar-refractivity contribution in [2.75, 3.05) is 10.2 Å². The highest BCUT2D eigenvalue weighted by Gasteiger charge is 2.41. The fraction of sp³-hybridized carbons (Fsp3) is 0.161. The van der Waals surface area contributed by atoms with Gasteiger partial charge in [-0.3, -0.25) is 14.5 Å². The van der Waals surface area contributed by atoms with Crippen molar-refractivity contribution in [2.24, 2.45) is 0 Å². The van der Waals surface area contributed by atoms with Crippen molar-refractivity contribution in [3.05, 3.63) is 130 Å². The molecule has 36 heavy (non-hydrogen) atoms. The van der Waals surface area contributed by atoms with Gasteiger partial charge in [-0.15, -0.1) is 11.3 Å². The van der Waals surface area contributed by atoms with Crippen LogP contribution < -0.4 is 10.2 Å². The Morgan fingerprint density at radius 2 is 1.58 bits per heavy atom. The van der Waals surface area contributed by atoms with Gasteiger partial charge in [0.25, 0.3) is 0 Å². The zero-order valence-electron chi connectivity index (χ0n) is 19.8. The minimum Gasteiger partial charge on any atom is -0.357 e. The third-order valence-corrected chi connectivity index (χ3v) is 7.96. The molecule has 1 aliphatic carbocycles. The molecule has 5 heteroatoms. The number of allylic oxidation sites excluding steroid dienone is 1. The smallest absolute Gasteiger partial charge is 0.232 e. The van der Waals surface area contributed by atoms with Crippen LogP contribution >= 0.6 is 11.3 Å². The third kappa shape index (κ3) is 4.16. The Morgan fingerprint density at radius 1 is 0.861 bits per heavy atom. The quantitative estimate of drug-likeness (QED) is 0.339. The molecule has 2 heterocycles. The van der Waals surface area contributed by atoms with E-state index >= 15 is 0 Å². The van der Waals surface area contributed by atoms with Gasteiger partial charge in [-0.2, -0.15) is 0 Å². The van der Waals surface area contributed by atoms with Gasteiger partial charge in [-0.25, -0.2) is 0 Å². The second-order valence-electron chi connectivity index (χ2n) is 9.32. The molecular weight excluding hydrogens is 464 g/mol. The van der Waals surface area contributed by atoms with E-state index in [9.17, 15) is 9.59 Å². The molecule has 0 radical (unpaired) electrons. The lowest BCUT2D eigenvalue weighted by Gasteiger charge is -2.34. The Bertz CT molecular complexity index is 1430. The van der Waals surface area contributed by atoms with Crippen molar-refractivity contribution >= 4 is 34.4 Å². The topological polar surface area (TPSA) is 49.4 Å². The molecule has 0 saturated heterocycles. The highest BCUT2D eigenvalue weighted by Crippen LogP contribution is 2.48. The minimum atomic E-state index is -0.461. The first-order valence-electron chi connectivity index (χ1n) is 12.3. The number of para-hydroxylation sites is 2. The van der Waals surface area contributed by atoms with E-state index in [0.29, 0.717) is 12.0 Å². The van der Waals surface area contributed by atoms with Crippen molar-refractivity contribution in [2.45, 2.75) is 31.2 Å². The molecule has 0 unspecified atom stereocenters. The SMILES string of the molecule is O=C1C[C@@H](c2ccccc2)CC2=C1[C@H](c1cccs1)N(C(=O)Cc1ccccc1)c1ccccc1N2. The number of amides is 1. The van der Waals surface area contributed by atoms with Gasteiger partial charge in [0.1, 0.15) is 6.04 Å². The summed E-state index contributed by atoms with van der Waals surface area (Å²) in [6, 6.07) is 31.5. The second-order valence-corrected chi connectivity index (χ2v) is 10.3. The summed E-state index contributed by atoms with van der Waals surface area (Å²) in [5, 5.41) is 5.62. The first kappa shape index (κ1) is 22.5. The van der Waals surface area contributed by atoms with E-state index in [2.05, 4.69) is 17.4 Å². The van der Waals surface area contributed by atoms with Crippen molar-refractivity contribution in [3.63, 3.8) is 0 Å². The summed E-state index contributed by atoms with van der Waals surface area (Å²) in [4.78, 5) is 30.8. The molecule has 4 nitrogen and oxygen atoms in total. The molecule has 178 valence electrons. The van der Waals surface area contributed by atoms with E-state index in [-0.39, 0.29) is 24.0 Å². The maximum Gasteiger partial charge on any atom is 0.232 e. The van der Waals surface area contributed by atoms with Crippen LogP contribution in [0.25, 0.3) is 0 Å². The van der Waals surface area contributed by atoms with Gasteiger partial charge in [-0.05, 0) is 47.0 Å². The molecule has 0 spiro atoms. The number of ketones is 1. The highest BCUT2D eigenvalue weighted by molar-refractivity contribution is 7.10. The lowest BCUT2D eigenvalue weighted by molar-refractivity contribution is -0.118. The zero-order chi connectivity index (χ0) is 24.5. The summed E-state index contributed by atoms with van der Waals surface area (Å²) in [5.41, 5.74) is 5.40. The highest BCUT2D eigenvalue weighted by atomic mass is 32.1. The predicted molar refractivity (Wildman–Crippen MR) is 145 cm³/mol. The van der Waals surface area contributed by atoms with Gasteiger partial charge in [0.2, 0.25) is 5.91 Å². The van der Waals surface area contributed by atoms with E-state index < -0.39 is 6.04 Å². The fourth-order valence-electron chi connectivity index (χ4n) is 5.40. The molecule has 0 bridgehead atoms. The molecule has 4 aromatic rings. The van der Waals surface area contributed by atoms with E-state index in [4.69, 9.17) is 0 Å². The van der Waals surface area contributed by atoms with Crippen LogP contribution in [0.2, 0.25) is 0 Å². The molecule has 6 rings (SSSR count). The number of benzene rings is 3. The Kier molecular flexibility index (Phi) is 5.99. The van der Waals surface area contributed by atoms with E-state index in [1.165, 1.54) is 5.56 Å².